The fourth-order valence-corrected chi connectivity index (χ4v) is 5.22. The first-order valence-electron chi connectivity index (χ1n) is 13.8. The summed E-state index contributed by atoms with van der Waals surface area (Å²) in [7, 11) is -3.61. The maximum absolute atomic E-state index is 13.6. The molecule has 0 fully saturated rings. The third-order valence-corrected chi connectivity index (χ3v) is 7.84. The van der Waals surface area contributed by atoms with Crippen molar-refractivity contribution in [2.24, 2.45) is 11.5 Å². The zero-order valence-corrected chi connectivity index (χ0v) is 25.1. The van der Waals surface area contributed by atoms with Gasteiger partial charge in [0.15, 0.2) is 0 Å². The lowest BCUT2D eigenvalue weighted by molar-refractivity contribution is -0.141. The summed E-state index contributed by atoms with van der Waals surface area (Å²) in [6.07, 6.45) is 1.11. The minimum Gasteiger partial charge on any atom is -0.481 e. The fraction of sp³-hybridized carbons (Fsp3) is 0.345. The predicted molar refractivity (Wildman–Crippen MR) is 162 cm³/mol. The van der Waals surface area contributed by atoms with Crippen LogP contribution in [0.15, 0.2) is 54.7 Å². The molecule has 0 aliphatic carbocycles. The van der Waals surface area contributed by atoms with Gasteiger partial charge in [0.25, 0.3) is 0 Å². The molecule has 4 amide bonds. The van der Waals surface area contributed by atoms with E-state index >= 15 is 0 Å². The number of carbonyl (C=O) groups excluding carboxylic acids is 4. The van der Waals surface area contributed by atoms with E-state index in [-0.39, 0.29) is 12.8 Å². The number of aromatic amines is 1. The lowest BCUT2D eigenvalue weighted by Crippen LogP contribution is -2.58. The van der Waals surface area contributed by atoms with Gasteiger partial charge in [-0.3, -0.25) is 24.0 Å². The van der Waals surface area contributed by atoms with E-state index in [1.54, 1.807) is 6.20 Å². The summed E-state index contributed by atoms with van der Waals surface area (Å²) in [6.45, 7) is 0. The molecule has 0 aliphatic heterocycles. The summed E-state index contributed by atoms with van der Waals surface area (Å²) in [5.74, 6) is -6.58. The highest BCUT2D eigenvalue weighted by Crippen LogP contribution is 2.19. The Labute approximate surface area is 258 Å². The van der Waals surface area contributed by atoms with Gasteiger partial charge in [-0.15, -0.1) is 0 Å². The fourth-order valence-electron chi connectivity index (χ4n) is 4.56. The minimum atomic E-state index is -3.61. The van der Waals surface area contributed by atoms with Crippen LogP contribution < -0.4 is 27.4 Å². The number of para-hydroxylation sites is 1. The molecule has 0 bridgehead atoms. The largest absolute Gasteiger partial charge is 0.481 e. The van der Waals surface area contributed by atoms with E-state index in [1.807, 2.05) is 24.3 Å². The highest BCUT2D eigenvalue weighted by molar-refractivity contribution is 7.90. The molecule has 0 radical (unpaired) electrons. The molecule has 14 nitrogen and oxygen atoms in total. The molecular formula is C29H35FN6O8S. The molecule has 3 aromatic rings. The topological polar surface area (TPSA) is 244 Å². The van der Waals surface area contributed by atoms with Crippen LogP contribution in [-0.4, -0.2) is 84.3 Å². The molecule has 2 aromatic carbocycles. The third kappa shape index (κ3) is 10.7. The first kappa shape index (κ1) is 34.7. The Hall–Kier alpha value is -4.83. The Morgan fingerprint density at radius 3 is 2.20 bits per heavy atom. The van der Waals surface area contributed by atoms with Gasteiger partial charge in [-0.25, -0.2) is 12.8 Å². The van der Waals surface area contributed by atoms with Crippen molar-refractivity contribution in [3.63, 3.8) is 0 Å². The second-order valence-corrected chi connectivity index (χ2v) is 12.9. The normalized spacial score (nSPS) is 14.1. The van der Waals surface area contributed by atoms with E-state index in [9.17, 15) is 41.9 Å². The first-order chi connectivity index (χ1) is 21.1. The van der Waals surface area contributed by atoms with Crippen molar-refractivity contribution in [1.29, 1.82) is 0 Å². The van der Waals surface area contributed by atoms with Crippen molar-refractivity contribution < 1.29 is 41.9 Å². The summed E-state index contributed by atoms with van der Waals surface area (Å²) in [5, 5.41) is 17.1. The van der Waals surface area contributed by atoms with Crippen LogP contribution in [0.1, 0.15) is 24.0 Å². The monoisotopic (exact) mass is 646 g/mol. The van der Waals surface area contributed by atoms with Crippen molar-refractivity contribution in [3.8, 4) is 0 Å². The van der Waals surface area contributed by atoms with E-state index < -0.39 is 88.0 Å². The zero-order chi connectivity index (χ0) is 33.3. The molecule has 1 heterocycles. The predicted octanol–water partition coefficient (Wildman–Crippen LogP) is -0.731. The van der Waals surface area contributed by atoms with Gasteiger partial charge in [-0.1, -0.05) is 30.3 Å². The van der Waals surface area contributed by atoms with Crippen molar-refractivity contribution in [3.05, 3.63) is 71.7 Å². The molecule has 0 aliphatic rings. The number of nitrogens with two attached hydrogens (primary N) is 2. The van der Waals surface area contributed by atoms with Crippen LogP contribution in [-0.2, 0) is 46.7 Å². The Bertz CT molecular complexity index is 1680. The maximum Gasteiger partial charge on any atom is 0.305 e. The maximum atomic E-state index is 13.6. The summed E-state index contributed by atoms with van der Waals surface area (Å²) in [5.41, 5.74) is 13.4. The first-order valence-corrected chi connectivity index (χ1v) is 15.8. The number of fused-ring (bicyclic) bond motifs is 1. The highest BCUT2D eigenvalue weighted by atomic mass is 32.2. The quantitative estimate of drug-likeness (QED) is 0.104. The lowest BCUT2D eigenvalue weighted by atomic mass is 10.0. The molecule has 9 N–H and O–H groups in total. The molecular weight excluding hydrogens is 611 g/mol. The molecule has 45 heavy (non-hydrogen) atoms. The number of nitrogens with one attached hydrogen (secondary N) is 4. The number of primary amides is 1. The van der Waals surface area contributed by atoms with Crippen molar-refractivity contribution >= 4 is 50.3 Å². The number of H-pyrrole nitrogens is 1. The van der Waals surface area contributed by atoms with Gasteiger partial charge in [0.2, 0.25) is 23.6 Å². The van der Waals surface area contributed by atoms with E-state index in [0.717, 1.165) is 28.8 Å². The Morgan fingerprint density at radius 1 is 0.911 bits per heavy atom. The van der Waals surface area contributed by atoms with E-state index in [2.05, 4.69) is 20.9 Å². The van der Waals surface area contributed by atoms with Crippen LogP contribution >= 0.6 is 0 Å². The smallest absolute Gasteiger partial charge is 0.305 e. The number of carboxylic acid groups (broad SMARTS) is 1. The summed E-state index contributed by atoms with van der Waals surface area (Å²) < 4.78 is 37.3. The second kappa shape index (κ2) is 15.3. The molecule has 3 rings (SSSR count). The van der Waals surface area contributed by atoms with Crippen LogP contribution in [0.3, 0.4) is 0 Å². The van der Waals surface area contributed by atoms with Gasteiger partial charge < -0.3 is 37.5 Å². The molecule has 1 aromatic heterocycles. The lowest BCUT2D eigenvalue weighted by Gasteiger charge is -2.25. The van der Waals surface area contributed by atoms with Crippen LogP contribution in [0.5, 0.6) is 0 Å². The van der Waals surface area contributed by atoms with Gasteiger partial charge in [0, 0.05) is 29.8 Å². The zero-order valence-electron chi connectivity index (χ0n) is 24.3. The number of aromatic nitrogens is 1. The number of aliphatic carboxylic acids is 1. The van der Waals surface area contributed by atoms with Crippen LogP contribution in [0, 0.1) is 5.82 Å². The van der Waals surface area contributed by atoms with Gasteiger partial charge in [-0.2, -0.15) is 0 Å². The van der Waals surface area contributed by atoms with Crippen molar-refractivity contribution in [2.75, 3.05) is 12.0 Å². The molecule has 242 valence electrons. The molecule has 0 unspecified atom stereocenters. The summed E-state index contributed by atoms with van der Waals surface area (Å²) >= 11 is 0. The Balaban J connectivity index is 1.75. The number of halogens is 1. The Kier molecular flexibility index (Phi) is 11.7. The molecule has 0 saturated carbocycles. The van der Waals surface area contributed by atoms with Crippen LogP contribution in [0.25, 0.3) is 10.9 Å². The second-order valence-electron chi connectivity index (χ2n) is 10.6. The highest BCUT2D eigenvalue weighted by Gasteiger charge is 2.32. The summed E-state index contributed by atoms with van der Waals surface area (Å²) in [4.78, 5) is 66.0. The number of amides is 4. The average Bonchev–Trinajstić information content (AvgIpc) is 3.36. The standard InChI is InChI=1S/C29H35FN6O8S/c1-45(43,44)10-9-22(34-27(40)20(31)13-17-15-33-21-8-3-2-7-19(17)21)28(41)36-24(14-25(37)38)29(42)35-23(26(32)39)12-16-5-4-6-18(30)11-16/h2-8,11,15,20,22-24,33H,9-10,12-14,31H2,1H3,(H2,32,39)(H,34,40)(H,35,42)(H,36,41)(H,37,38)/t20-,22+,23+,24+/m1/s1. The van der Waals surface area contributed by atoms with Crippen LogP contribution in [0.4, 0.5) is 4.39 Å². The molecule has 0 saturated heterocycles. The van der Waals surface area contributed by atoms with Gasteiger partial charge in [0.05, 0.1) is 18.2 Å². The van der Waals surface area contributed by atoms with Crippen molar-refractivity contribution in [2.45, 2.75) is 49.9 Å². The third-order valence-electron chi connectivity index (χ3n) is 6.86. The van der Waals surface area contributed by atoms with Crippen LogP contribution in [0.2, 0.25) is 0 Å². The number of hydrogen-bond donors (Lipinski definition) is 7. The van der Waals surface area contributed by atoms with Gasteiger partial charge in [-0.05, 0) is 42.2 Å². The van der Waals surface area contributed by atoms with E-state index in [4.69, 9.17) is 11.5 Å². The number of benzene rings is 2. The van der Waals surface area contributed by atoms with E-state index in [0.29, 0.717) is 5.56 Å². The number of hydrogen-bond acceptors (Lipinski definition) is 8. The minimum absolute atomic E-state index is 0.0696. The molecule has 16 heteroatoms. The van der Waals surface area contributed by atoms with Gasteiger partial charge in [0.1, 0.15) is 33.8 Å². The van der Waals surface area contributed by atoms with Gasteiger partial charge >= 0.3 is 5.97 Å². The number of carbonyl (C=O) groups is 5. The SMILES string of the molecule is CS(=O)(=O)CC[C@H](NC(=O)[C@H](N)Cc1c[nH]c2ccccc12)C(=O)N[C@@H](CC(=O)O)C(=O)N[C@@H](Cc1cccc(F)c1)C(N)=O. The Morgan fingerprint density at radius 2 is 1.56 bits per heavy atom. The number of sulfone groups is 1. The molecule has 4 atom stereocenters. The number of rotatable bonds is 16. The van der Waals surface area contributed by atoms with Crippen molar-refractivity contribution in [1.82, 2.24) is 20.9 Å². The van der Waals surface area contributed by atoms with E-state index in [1.165, 1.54) is 18.2 Å². The molecule has 0 spiro atoms. The number of carboxylic acids is 1. The average molecular weight is 647 g/mol. The summed E-state index contributed by atoms with van der Waals surface area (Å²) in [6, 6.07) is 6.65.